The van der Waals surface area contributed by atoms with Crippen LogP contribution in [0.2, 0.25) is 0 Å². The van der Waals surface area contributed by atoms with E-state index in [1.807, 2.05) is 11.4 Å². The molecule has 1 aromatic heterocycles. The van der Waals surface area contributed by atoms with Crippen LogP contribution in [0.4, 0.5) is 0 Å². The Morgan fingerprint density at radius 2 is 1.93 bits per heavy atom. The molecule has 4 N–H and O–H groups in total. The van der Waals surface area contributed by atoms with Gasteiger partial charge in [0.25, 0.3) is 5.91 Å². The average Bonchev–Trinajstić information content (AvgIpc) is 3.31. The van der Waals surface area contributed by atoms with Gasteiger partial charge < -0.3 is 16.4 Å². The molecule has 8 heteroatoms. The summed E-state index contributed by atoms with van der Waals surface area (Å²) in [4.78, 5) is 16.9. The molecule has 5 nitrogen and oxygen atoms in total. The molecule has 1 unspecified atom stereocenters. The van der Waals surface area contributed by atoms with E-state index in [2.05, 4.69) is 46.8 Å². The molecular weight excluding hydrogens is 415 g/mol. The van der Waals surface area contributed by atoms with Crippen molar-refractivity contribution >= 4 is 42.1 Å². The van der Waals surface area contributed by atoms with Gasteiger partial charge in [-0.05, 0) is 31.9 Å². The largest absolute Gasteiger partial charge is 0.349 e. The molecule has 156 valence electrons. The highest BCUT2D eigenvalue weighted by Crippen LogP contribution is 2.32. The smallest absolute Gasteiger partial charge is 0.270 e. The van der Waals surface area contributed by atoms with Gasteiger partial charge in [0.05, 0.1) is 5.01 Å². The molecule has 0 aliphatic heterocycles. The van der Waals surface area contributed by atoms with Gasteiger partial charge in [0, 0.05) is 29.9 Å². The van der Waals surface area contributed by atoms with Crippen LogP contribution in [0.15, 0.2) is 35.7 Å². The molecule has 28 heavy (non-hydrogen) atoms. The first-order valence-electron chi connectivity index (χ1n) is 9.37. The third-order valence-corrected chi connectivity index (χ3v) is 6.02. The second-order valence-electron chi connectivity index (χ2n) is 7.11. The molecule has 1 amide bonds. The number of nitrogens with zero attached hydrogens (tertiary/aromatic N) is 1. The summed E-state index contributed by atoms with van der Waals surface area (Å²) in [6.45, 7) is 3.38. The first-order valence-corrected chi connectivity index (χ1v) is 10.3. The fourth-order valence-electron chi connectivity index (χ4n) is 3.70. The van der Waals surface area contributed by atoms with Crippen LogP contribution in [-0.2, 0) is 6.42 Å². The lowest BCUT2D eigenvalue weighted by Gasteiger charge is -2.34. The summed E-state index contributed by atoms with van der Waals surface area (Å²) in [5.41, 5.74) is 7.29. The minimum Gasteiger partial charge on any atom is -0.349 e. The first kappa shape index (κ1) is 24.9. The van der Waals surface area contributed by atoms with Crippen LogP contribution in [0, 0.1) is 0 Å². The lowest BCUT2D eigenvalue weighted by atomic mass is 9.94. The molecule has 1 aliphatic rings. The number of halogens is 2. The topological polar surface area (TPSA) is 80.0 Å². The zero-order valence-corrected chi connectivity index (χ0v) is 18.6. The van der Waals surface area contributed by atoms with Crippen LogP contribution in [-0.4, -0.2) is 29.5 Å². The van der Waals surface area contributed by atoms with Gasteiger partial charge in [-0.2, -0.15) is 0 Å². The fourth-order valence-corrected chi connectivity index (χ4v) is 4.50. The lowest BCUT2D eigenvalue weighted by molar-refractivity contribution is 0.0932. The quantitative estimate of drug-likeness (QED) is 0.576. The molecule has 1 aromatic carbocycles. The highest BCUT2D eigenvalue weighted by molar-refractivity contribution is 7.09. The molecule has 0 saturated heterocycles. The summed E-state index contributed by atoms with van der Waals surface area (Å²) < 4.78 is 0. The van der Waals surface area contributed by atoms with Crippen molar-refractivity contribution in [1.29, 1.82) is 0 Å². The predicted octanol–water partition coefficient (Wildman–Crippen LogP) is 3.88. The Labute approximate surface area is 183 Å². The number of carbonyl (C=O) groups is 1. The van der Waals surface area contributed by atoms with E-state index < -0.39 is 0 Å². The minimum absolute atomic E-state index is 0. The molecule has 1 aliphatic carbocycles. The monoisotopic (exact) mass is 444 g/mol. The Hall–Kier alpha value is -1.18. The SMILES string of the molecule is CC(NC1(CNC(=O)c2csc(CCN)n2)CCCC1)c1ccccc1.Cl.Cl. The molecular formula is C20H30Cl2N4OS. The van der Waals surface area contributed by atoms with Crippen molar-refractivity contribution in [2.75, 3.05) is 13.1 Å². The number of rotatable bonds is 8. The van der Waals surface area contributed by atoms with Crippen molar-refractivity contribution in [3.05, 3.63) is 52.0 Å². The Balaban J connectivity index is 0.00000196. The van der Waals surface area contributed by atoms with E-state index in [1.165, 1.54) is 29.7 Å². The third-order valence-electron chi connectivity index (χ3n) is 5.11. The predicted molar refractivity (Wildman–Crippen MR) is 121 cm³/mol. The van der Waals surface area contributed by atoms with Gasteiger partial charge in [-0.3, -0.25) is 4.79 Å². The van der Waals surface area contributed by atoms with Gasteiger partial charge in [-0.25, -0.2) is 4.98 Å². The summed E-state index contributed by atoms with van der Waals surface area (Å²) in [7, 11) is 0. The highest BCUT2D eigenvalue weighted by Gasteiger charge is 2.35. The first-order chi connectivity index (χ1) is 12.6. The van der Waals surface area contributed by atoms with Gasteiger partial charge in [0.1, 0.15) is 5.69 Å². The Kier molecular flexibility index (Phi) is 10.4. The van der Waals surface area contributed by atoms with Crippen molar-refractivity contribution in [3.8, 4) is 0 Å². The molecule has 3 rings (SSSR count). The summed E-state index contributed by atoms with van der Waals surface area (Å²) in [6, 6.07) is 10.7. The molecule has 1 atom stereocenters. The van der Waals surface area contributed by atoms with Crippen LogP contribution in [0.25, 0.3) is 0 Å². The maximum atomic E-state index is 12.5. The van der Waals surface area contributed by atoms with Crippen molar-refractivity contribution in [2.45, 2.75) is 50.6 Å². The zero-order chi connectivity index (χ0) is 18.4. The molecule has 0 bridgehead atoms. The second kappa shape index (κ2) is 11.7. The van der Waals surface area contributed by atoms with Crippen LogP contribution >= 0.6 is 36.2 Å². The van der Waals surface area contributed by atoms with E-state index in [-0.39, 0.29) is 42.3 Å². The number of hydrogen-bond donors (Lipinski definition) is 3. The van der Waals surface area contributed by atoms with Gasteiger partial charge in [0.15, 0.2) is 0 Å². The van der Waals surface area contributed by atoms with Crippen LogP contribution in [0.5, 0.6) is 0 Å². The highest BCUT2D eigenvalue weighted by atomic mass is 35.5. The number of amides is 1. The fraction of sp³-hybridized carbons (Fsp3) is 0.500. The van der Waals surface area contributed by atoms with Gasteiger partial charge in [0.2, 0.25) is 0 Å². The molecule has 1 saturated carbocycles. The number of thiazole rings is 1. The number of benzene rings is 1. The second-order valence-corrected chi connectivity index (χ2v) is 8.05. The van der Waals surface area contributed by atoms with E-state index in [4.69, 9.17) is 5.73 Å². The summed E-state index contributed by atoms with van der Waals surface area (Å²) in [6.07, 6.45) is 5.28. The molecule has 1 heterocycles. The van der Waals surface area contributed by atoms with Gasteiger partial charge in [-0.15, -0.1) is 36.2 Å². The lowest BCUT2D eigenvalue weighted by Crippen LogP contribution is -2.52. The maximum Gasteiger partial charge on any atom is 0.270 e. The maximum absolute atomic E-state index is 12.5. The summed E-state index contributed by atoms with van der Waals surface area (Å²) >= 11 is 1.50. The van der Waals surface area contributed by atoms with Crippen molar-refractivity contribution < 1.29 is 4.79 Å². The summed E-state index contributed by atoms with van der Waals surface area (Å²) in [5, 5.41) is 9.64. The number of nitrogens with two attached hydrogens (primary N) is 1. The van der Waals surface area contributed by atoms with E-state index in [1.54, 1.807) is 0 Å². The molecule has 1 fully saturated rings. The average molecular weight is 445 g/mol. The van der Waals surface area contributed by atoms with E-state index in [0.29, 0.717) is 18.8 Å². The van der Waals surface area contributed by atoms with Crippen LogP contribution in [0.1, 0.15) is 59.7 Å². The standard InChI is InChI=1S/C20H28N4OS.2ClH/c1-15(16-7-3-2-4-8-16)24-20(10-5-6-11-20)14-22-19(25)17-13-26-18(23-17)9-12-21;;/h2-4,7-8,13,15,24H,5-6,9-12,14,21H2,1H3,(H,22,25);2*1H. The van der Waals surface area contributed by atoms with E-state index in [0.717, 1.165) is 24.3 Å². The van der Waals surface area contributed by atoms with Crippen molar-refractivity contribution in [1.82, 2.24) is 15.6 Å². The van der Waals surface area contributed by atoms with Gasteiger partial charge >= 0.3 is 0 Å². The number of carbonyl (C=O) groups excluding carboxylic acids is 1. The van der Waals surface area contributed by atoms with Gasteiger partial charge in [-0.1, -0.05) is 43.2 Å². The number of aromatic nitrogens is 1. The van der Waals surface area contributed by atoms with E-state index >= 15 is 0 Å². The van der Waals surface area contributed by atoms with Crippen LogP contribution < -0.4 is 16.4 Å². The third kappa shape index (κ3) is 6.42. The molecule has 0 spiro atoms. The molecule has 0 radical (unpaired) electrons. The normalized spacial score (nSPS) is 15.9. The Morgan fingerprint density at radius 1 is 1.25 bits per heavy atom. The summed E-state index contributed by atoms with van der Waals surface area (Å²) in [5.74, 6) is -0.0926. The van der Waals surface area contributed by atoms with Crippen molar-refractivity contribution in [3.63, 3.8) is 0 Å². The van der Waals surface area contributed by atoms with Crippen molar-refractivity contribution in [2.24, 2.45) is 5.73 Å². The molecule has 2 aromatic rings. The Bertz CT molecular complexity index is 720. The Morgan fingerprint density at radius 3 is 2.57 bits per heavy atom. The zero-order valence-electron chi connectivity index (χ0n) is 16.1. The van der Waals surface area contributed by atoms with Crippen LogP contribution in [0.3, 0.4) is 0 Å². The van der Waals surface area contributed by atoms with E-state index in [9.17, 15) is 4.79 Å². The number of nitrogens with one attached hydrogen (secondary N) is 2. The number of hydrogen-bond acceptors (Lipinski definition) is 5. The minimum atomic E-state index is -0.0926.